The molecule has 2 aliphatic carbocycles. The maximum Gasteiger partial charge on any atom is 0.319 e. The molecule has 1 aromatic rings. The van der Waals surface area contributed by atoms with Crippen LogP contribution in [0.5, 0.6) is 0 Å². The number of halogens is 1. The van der Waals surface area contributed by atoms with Crippen LogP contribution < -0.4 is 21.3 Å². The Labute approximate surface area is 253 Å². The SMILES string of the molecule is C=CC(=C)NC(=O)NC(C)C1=CCC(F)C=C1.C=CCC(CCC)Cc1ccc(/C(=C/C=C/C)NC)c(NC2CC2)c1. The molecule has 0 spiro atoms. The molecule has 1 aromatic carbocycles. The Hall–Kier alpha value is -3.80. The van der Waals surface area contributed by atoms with Crippen LogP contribution in [0.15, 0.2) is 97.8 Å². The van der Waals surface area contributed by atoms with Gasteiger partial charge in [-0.25, -0.2) is 9.18 Å². The first-order valence-electron chi connectivity index (χ1n) is 15.2. The Kier molecular flexibility index (Phi) is 15.2. The molecule has 2 aliphatic rings. The molecule has 228 valence electrons. The summed E-state index contributed by atoms with van der Waals surface area (Å²) in [6, 6.07) is 7.05. The van der Waals surface area contributed by atoms with Gasteiger partial charge in [-0.15, -0.1) is 6.58 Å². The average Bonchev–Trinajstić information content (AvgIpc) is 3.79. The average molecular weight is 575 g/mol. The molecular formula is C36H51FN4O. The summed E-state index contributed by atoms with van der Waals surface area (Å²) in [6.07, 6.45) is 21.5. The summed E-state index contributed by atoms with van der Waals surface area (Å²) < 4.78 is 12.8. The van der Waals surface area contributed by atoms with Crippen molar-refractivity contribution in [2.75, 3.05) is 12.4 Å². The Morgan fingerprint density at radius 1 is 1.24 bits per heavy atom. The van der Waals surface area contributed by atoms with Crippen LogP contribution in [0, 0.1) is 5.92 Å². The lowest BCUT2D eigenvalue weighted by Gasteiger charge is -2.18. The van der Waals surface area contributed by atoms with E-state index in [2.05, 4.69) is 90.4 Å². The van der Waals surface area contributed by atoms with Crippen molar-refractivity contribution in [3.05, 3.63) is 109 Å². The van der Waals surface area contributed by atoms with Crippen molar-refractivity contribution >= 4 is 17.4 Å². The van der Waals surface area contributed by atoms with Gasteiger partial charge >= 0.3 is 6.03 Å². The molecule has 3 unspecified atom stereocenters. The fourth-order valence-electron chi connectivity index (χ4n) is 4.75. The van der Waals surface area contributed by atoms with Gasteiger partial charge in [0.05, 0.1) is 6.04 Å². The Morgan fingerprint density at radius 2 is 2.00 bits per heavy atom. The lowest BCUT2D eigenvalue weighted by atomic mass is 9.91. The van der Waals surface area contributed by atoms with E-state index >= 15 is 0 Å². The molecule has 3 atom stereocenters. The summed E-state index contributed by atoms with van der Waals surface area (Å²) >= 11 is 0. The van der Waals surface area contributed by atoms with Crippen molar-refractivity contribution in [3.63, 3.8) is 0 Å². The van der Waals surface area contributed by atoms with Gasteiger partial charge in [-0.1, -0.05) is 81.5 Å². The largest absolute Gasteiger partial charge is 0.388 e. The third kappa shape index (κ3) is 12.4. The van der Waals surface area contributed by atoms with E-state index in [1.165, 1.54) is 54.6 Å². The number of benzene rings is 1. The number of hydrogen-bond donors (Lipinski definition) is 4. The summed E-state index contributed by atoms with van der Waals surface area (Å²) in [5.41, 5.74) is 6.44. The molecule has 1 fully saturated rings. The predicted octanol–water partition coefficient (Wildman–Crippen LogP) is 8.53. The number of allylic oxidation sites excluding steroid dienone is 7. The fourth-order valence-corrected chi connectivity index (χ4v) is 4.75. The van der Waals surface area contributed by atoms with Crippen molar-refractivity contribution in [1.29, 1.82) is 0 Å². The van der Waals surface area contributed by atoms with Gasteiger partial charge in [0.25, 0.3) is 0 Å². The van der Waals surface area contributed by atoms with Gasteiger partial charge in [0, 0.05) is 42.2 Å². The van der Waals surface area contributed by atoms with Crippen LogP contribution in [0.2, 0.25) is 0 Å². The number of anilines is 1. The minimum absolute atomic E-state index is 0.170. The Balaban J connectivity index is 0.000000317. The first kappa shape index (κ1) is 34.4. The van der Waals surface area contributed by atoms with Gasteiger partial charge in [-0.3, -0.25) is 0 Å². The van der Waals surface area contributed by atoms with Gasteiger partial charge in [0.2, 0.25) is 0 Å². The first-order chi connectivity index (χ1) is 20.2. The molecule has 0 bridgehead atoms. The summed E-state index contributed by atoms with van der Waals surface area (Å²) in [5.74, 6) is 0.699. The smallest absolute Gasteiger partial charge is 0.319 e. The van der Waals surface area contributed by atoms with E-state index in [-0.39, 0.29) is 12.1 Å². The zero-order valence-corrected chi connectivity index (χ0v) is 26.0. The number of hydrogen-bond acceptors (Lipinski definition) is 3. The lowest BCUT2D eigenvalue weighted by Crippen LogP contribution is -2.40. The standard InChI is InChI=1S/C23H34N2.C13H17FN2O/c1-5-8-11-22(24-4)21-15-12-19(16-18(9-6-2)10-7-3)17-23(21)25-20-13-14-20;1-4-9(2)15-13(17)16-10(3)11-5-7-12(14)8-6-11/h5-6,8,11-12,15,17-18,20,24-25H,2,7,9-10,13-14,16H2,1,3-4H3;4-7,10,12H,1-2,8H2,3H3,(H2,15,16,17)/b8-5+,22-11-;. The van der Waals surface area contributed by atoms with Crippen LogP contribution in [0.25, 0.3) is 5.70 Å². The Morgan fingerprint density at radius 3 is 2.57 bits per heavy atom. The third-order valence-electron chi connectivity index (χ3n) is 7.20. The number of rotatable bonds is 15. The normalized spacial score (nSPS) is 17.7. The van der Waals surface area contributed by atoms with E-state index in [4.69, 9.17) is 0 Å². The lowest BCUT2D eigenvalue weighted by molar-refractivity contribution is 0.242. The Bertz CT molecular complexity index is 1170. The summed E-state index contributed by atoms with van der Waals surface area (Å²) in [4.78, 5) is 11.5. The zero-order valence-electron chi connectivity index (χ0n) is 26.0. The number of carbonyl (C=O) groups is 1. The topological polar surface area (TPSA) is 65.2 Å². The fraction of sp³-hybridized carbons (Fsp3) is 0.417. The van der Waals surface area contributed by atoms with Gasteiger partial charge < -0.3 is 21.3 Å². The molecule has 2 amide bonds. The molecule has 6 heteroatoms. The van der Waals surface area contributed by atoms with E-state index in [1.807, 2.05) is 20.9 Å². The van der Waals surface area contributed by atoms with Crippen molar-refractivity contribution in [3.8, 4) is 0 Å². The van der Waals surface area contributed by atoms with Crippen molar-refractivity contribution in [2.45, 2.75) is 84.0 Å². The number of alkyl halides is 1. The van der Waals surface area contributed by atoms with E-state index in [0.29, 0.717) is 24.1 Å². The zero-order chi connectivity index (χ0) is 30.9. The highest BCUT2D eigenvalue weighted by Gasteiger charge is 2.23. The summed E-state index contributed by atoms with van der Waals surface area (Å²) in [7, 11) is 1.99. The van der Waals surface area contributed by atoms with Crippen LogP contribution in [0.1, 0.15) is 70.4 Å². The highest BCUT2D eigenvalue weighted by molar-refractivity contribution is 5.77. The van der Waals surface area contributed by atoms with E-state index in [1.54, 1.807) is 12.2 Å². The van der Waals surface area contributed by atoms with Gasteiger partial charge in [-0.05, 0) is 74.8 Å². The maximum atomic E-state index is 12.8. The summed E-state index contributed by atoms with van der Waals surface area (Å²) in [6.45, 7) is 17.1. The van der Waals surface area contributed by atoms with Crippen molar-refractivity contribution in [2.24, 2.45) is 5.92 Å². The second-order valence-electron chi connectivity index (χ2n) is 10.9. The van der Waals surface area contributed by atoms with E-state index in [0.717, 1.165) is 24.1 Å². The highest BCUT2D eigenvalue weighted by atomic mass is 19.1. The first-order valence-corrected chi connectivity index (χ1v) is 15.2. The molecule has 3 rings (SSSR count). The second kappa shape index (κ2) is 18.6. The quantitative estimate of drug-likeness (QED) is 0.125. The van der Waals surface area contributed by atoms with Crippen LogP contribution in [0.4, 0.5) is 14.9 Å². The van der Waals surface area contributed by atoms with Crippen molar-refractivity contribution in [1.82, 2.24) is 16.0 Å². The molecule has 5 nitrogen and oxygen atoms in total. The van der Waals surface area contributed by atoms with Crippen LogP contribution >= 0.6 is 0 Å². The number of nitrogens with one attached hydrogen (secondary N) is 4. The maximum absolute atomic E-state index is 12.8. The van der Waals surface area contributed by atoms with Gasteiger partial charge in [-0.2, -0.15) is 0 Å². The van der Waals surface area contributed by atoms with E-state index in [9.17, 15) is 9.18 Å². The molecule has 0 radical (unpaired) electrons. The second-order valence-corrected chi connectivity index (χ2v) is 10.9. The predicted molar refractivity (Wildman–Crippen MR) is 179 cm³/mol. The minimum Gasteiger partial charge on any atom is -0.388 e. The molecule has 0 aromatic heterocycles. The molecule has 1 saturated carbocycles. The molecule has 42 heavy (non-hydrogen) atoms. The highest BCUT2D eigenvalue weighted by Crippen LogP contribution is 2.31. The van der Waals surface area contributed by atoms with Crippen LogP contribution in [-0.2, 0) is 6.42 Å². The number of urea groups is 1. The minimum atomic E-state index is -0.916. The van der Waals surface area contributed by atoms with Gasteiger partial charge in [0.15, 0.2) is 0 Å². The molecule has 4 N–H and O–H groups in total. The third-order valence-corrected chi connectivity index (χ3v) is 7.20. The van der Waals surface area contributed by atoms with Crippen molar-refractivity contribution < 1.29 is 9.18 Å². The van der Waals surface area contributed by atoms with Crippen LogP contribution in [-0.4, -0.2) is 31.3 Å². The number of carbonyl (C=O) groups excluding carboxylic acids is 1. The molecular weight excluding hydrogens is 523 g/mol. The molecule has 0 saturated heterocycles. The summed E-state index contributed by atoms with van der Waals surface area (Å²) in [5, 5.41) is 12.3. The molecule has 0 aliphatic heterocycles. The number of amides is 2. The van der Waals surface area contributed by atoms with Crippen LogP contribution in [0.3, 0.4) is 0 Å². The monoisotopic (exact) mass is 574 g/mol. The van der Waals surface area contributed by atoms with Gasteiger partial charge in [0.1, 0.15) is 6.17 Å². The van der Waals surface area contributed by atoms with E-state index < -0.39 is 6.17 Å². The molecule has 0 heterocycles.